The second-order valence-electron chi connectivity index (χ2n) is 6.27. The van der Waals surface area contributed by atoms with Crippen LogP contribution in [-0.4, -0.2) is 10.2 Å². The Labute approximate surface area is 136 Å². The maximum atomic E-state index is 9.97. The molecule has 2 heteroatoms. The van der Waals surface area contributed by atoms with Gasteiger partial charge in [-0.3, -0.25) is 0 Å². The second-order valence-corrected chi connectivity index (χ2v) is 6.27. The molecule has 0 unspecified atom stereocenters. The molecule has 0 radical (unpaired) electrons. The summed E-state index contributed by atoms with van der Waals surface area (Å²) in [4.78, 5) is 0. The van der Waals surface area contributed by atoms with E-state index in [1.54, 1.807) is 18.2 Å². The summed E-state index contributed by atoms with van der Waals surface area (Å²) < 4.78 is 0. The van der Waals surface area contributed by atoms with Crippen LogP contribution in [0.25, 0.3) is 11.1 Å². The molecule has 0 saturated carbocycles. The van der Waals surface area contributed by atoms with Gasteiger partial charge >= 0.3 is 0 Å². The zero-order valence-electron chi connectivity index (χ0n) is 13.3. The standard InChI is InChI=1S/C21H20O2/c1-21(2,17-11-13-18(22)14-12-17)16-9-7-15(8-10-16)19-5-3-4-6-20(19)23/h3-14,22-23H,1-2H3. The summed E-state index contributed by atoms with van der Waals surface area (Å²) >= 11 is 0. The van der Waals surface area contributed by atoms with Gasteiger partial charge in [-0.2, -0.15) is 0 Å². The lowest BCUT2D eigenvalue weighted by Gasteiger charge is -2.26. The van der Waals surface area contributed by atoms with E-state index in [-0.39, 0.29) is 16.9 Å². The van der Waals surface area contributed by atoms with Crippen molar-refractivity contribution < 1.29 is 10.2 Å². The molecular weight excluding hydrogens is 284 g/mol. The molecule has 3 aromatic rings. The fourth-order valence-corrected chi connectivity index (χ4v) is 2.83. The molecule has 3 rings (SSSR count). The van der Waals surface area contributed by atoms with Gasteiger partial charge < -0.3 is 10.2 Å². The van der Waals surface area contributed by atoms with Crippen LogP contribution in [0.2, 0.25) is 0 Å². The minimum Gasteiger partial charge on any atom is -0.508 e. The van der Waals surface area contributed by atoms with E-state index in [1.165, 1.54) is 5.56 Å². The summed E-state index contributed by atoms with van der Waals surface area (Å²) in [7, 11) is 0. The first kappa shape index (κ1) is 15.2. The molecule has 0 saturated heterocycles. The van der Waals surface area contributed by atoms with Crippen LogP contribution in [-0.2, 0) is 5.41 Å². The van der Waals surface area contributed by atoms with E-state index in [2.05, 4.69) is 26.0 Å². The topological polar surface area (TPSA) is 40.5 Å². The minimum atomic E-state index is -0.162. The Morgan fingerprint density at radius 3 is 1.74 bits per heavy atom. The molecule has 2 N–H and O–H groups in total. The fourth-order valence-electron chi connectivity index (χ4n) is 2.83. The van der Waals surface area contributed by atoms with Gasteiger partial charge in [-0.1, -0.05) is 68.4 Å². The SMILES string of the molecule is CC(C)(c1ccc(O)cc1)c1ccc(-c2ccccc2O)cc1. The van der Waals surface area contributed by atoms with Crippen molar-refractivity contribution in [2.24, 2.45) is 0 Å². The van der Waals surface area contributed by atoms with Gasteiger partial charge in [0.2, 0.25) is 0 Å². The molecule has 116 valence electrons. The number of hydrogen-bond donors (Lipinski definition) is 2. The molecule has 0 fully saturated rings. The third-order valence-corrected chi connectivity index (χ3v) is 4.41. The van der Waals surface area contributed by atoms with Crippen LogP contribution < -0.4 is 0 Å². The van der Waals surface area contributed by atoms with Crippen LogP contribution in [0.1, 0.15) is 25.0 Å². The van der Waals surface area contributed by atoms with Crippen molar-refractivity contribution in [1.82, 2.24) is 0 Å². The maximum Gasteiger partial charge on any atom is 0.123 e. The Balaban J connectivity index is 1.95. The molecule has 0 aliphatic rings. The predicted octanol–water partition coefficient (Wildman–Crippen LogP) is 5.09. The highest BCUT2D eigenvalue weighted by Gasteiger charge is 2.23. The average molecular weight is 304 g/mol. The van der Waals surface area contributed by atoms with Crippen molar-refractivity contribution in [2.45, 2.75) is 19.3 Å². The molecule has 23 heavy (non-hydrogen) atoms. The summed E-state index contributed by atoms with van der Waals surface area (Å²) in [5.41, 5.74) is 3.99. The molecule has 0 spiro atoms. The van der Waals surface area contributed by atoms with Crippen LogP contribution in [0.3, 0.4) is 0 Å². The number of hydrogen-bond acceptors (Lipinski definition) is 2. The van der Waals surface area contributed by atoms with Crippen LogP contribution in [0.15, 0.2) is 72.8 Å². The first-order valence-corrected chi connectivity index (χ1v) is 7.67. The van der Waals surface area contributed by atoms with Crippen molar-refractivity contribution in [1.29, 1.82) is 0 Å². The molecule has 2 nitrogen and oxygen atoms in total. The van der Waals surface area contributed by atoms with Gasteiger partial charge in [0.1, 0.15) is 11.5 Å². The van der Waals surface area contributed by atoms with Crippen molar-refractivity contribution in [3.63, 3.8) is 0 Å². The van der Waals surface area contributed by atoms with Gasteiger partial charge in [-0.05, 0) is 34.9 Å². The lowest BCUT2D eigenvalue weighted by molar-refractivity contribution is 0.474. The molecule has 0 aliphatic heterocycles. The largest absolute Gasteiger partial charge is 0.508 e. The van der Waals surface area contributed by atoms with E-state index in [4.69, 9.17) is 0 Å². The van der Waals surface area contributed by atoms with Crippen molar-refractivity contribution in [3.05, 3.63) is 83.9 Å². The van der Waals surface area contributed by atoms with E-state index in [9.17, 15) is 10.2 Å². The van der Waals surface area contributed by atoms with Gasteiger partial charge in [0.25, 0.3) is 0 Å². The van der Waals surface area contributed by atoms with Gasteiger partial charge in [0.05, 0.1) is 0 Å². The predicted molar refractivity (Wildman–Crippen MR) is 93.8 cm³/mol. The first-order valence-electron chi connectivity index (χ1n) is 7.67. The quantitative estimate of drug-likeness (QED) is 0.707. The molecule has 0 heterocycles. The molecule has 0 amide bonds. The molecule has 0 atom stereocenters. The first-order chi connectivity index (χ1) is 11.0. The second kappa shape index (κ2) is 5.81. The van der Waals surface area contributed by atoms with Gasteiger partial charge in [-0.25, -0.2) is 0 Å². The fraction of sp³-hybridized carbons (Fsp3) is 0.143. The third kappa shape index (κ3) is 2.93. The molecule has 0 bridgehead atoms. The van der Waals surface area contributed by atoms with Gasteiger partial charge in [0.15, 0.2) is 0 Å². The van der Waals surface area contributed by atoms with E-state index in [0.29, 0.717) is 0 Å². The average Bonchev–Trinajstić information content (AvgIpc) is 2.56. The van der Waals surface area contributed by atoms with Gasteiger partial charge in [-0.15, -0.1) is 0 Å². The number of phenols is 2. The van der Waals surface area contributed by atoms with Crippen LogP contribution >= 0.6 is 0 Å². The summed E-state index contributed by atoms with van der Waals surface area (Å²) in [6.45, 7) is 4.32. The maximum absolute atomic E-state index is 9.97. The van der Waals surface area contributed by atoms with Crippen LogP contribution in [0.5, 0.6) is 11.5 Å². The van der Waals surface area contributed by atoms with E-state index in [0.717, 1.165) is 16.7 Å². The van der Waals surface area contributed by atoms with Gasteiger partial charge in [0, 0.05) is 11.0 Å². The van der Waals surface area contributed by atoms with Crippen LogP contribution in [0.4, 0.5) is 0 Å². The minimum absolute atomic E-state index is 0.162. The highest BCUT2D eigenvalue weighted by molar-refractivity contribution is 5.70. The summed E-state index contributed by atoms with van der Waals surface area (Å²) in [6, 6.07) is 22.9. The van der Waals surface area contributed by atoms with E-state index < -0.39 is 0 Å². The third-order valence-electron chi connectivity index (χ3n) is 4.41. The Bertz CT molecular complexity index is 800. The number of rotatable bonds is 3. The summed E-state index contributed by atoms with van der Waals surface area (Å²) in [5.74, 6) is 0.567. The summed E-state index contributed by atoms with van der Waals surface area (Å²) in [6.07, 6.45) is 0. The molecular formula is C21H20O2. The van der Waals surface area contributed by atoms with Crippen molar-refractivity contribution in [3.8, 4) is 22.6 Å². The Morgan fingerprint density at radius 1 is 0.652 bits per heavy atom. The zero-order chi connectivity index (χ0) is 16.4. The molecule has 0 aromatic heterocycles. The normalized spacial score (nSPS) is 11.4. The molecule has 0 aliphatic carbocycles. The lowest BCUT2D eigenvalue weighted by Crippen LogP contribution is -2.18. The Kier molecular flexibility index (Phi) is 3.83. The van der Waals surface area contributed by atoms with Crippen LogP contribution in [0, 0.1) is 0 Å². The zero-order valence-corrected chi connectivity index (χ0v) is 13.3. The highest BCUT2D eigenvalue weighted by Crippen LogP contribution is 2.35. The summed E-state index contributed by atoms with van der Waals surface area (Å²) in [5, 5.41) is 19.4. The van der Waals surface area contributed by atoms with E-state index >= 15 is 0 Å². The Morgan fingerprint density at radius 2 is 1.17 bits per heavy atom. The number of para-hydroxylation sites is 1. The van der Waals surface area contributed by atoms with Crippen molar-refractivity contribution in [2.75, 3.05) is 0 Å². The number of phenolic OH excluding ortho intramolecular Hbond substituents is 2. The number of aromatic hydroxyl groups is 2. The number of benzene rings is 3. The van der Waals surface area contributed by atoms with Crippen molar-refractivity contribution >= 4 is 0 Å². The smallest absolute Gasteiger partial charge is 0.123 e. The van der Waals surface area contributed by atoms with E-state index in [1.807, 2.05) is 42.5 Å². The Hall–Kier alpha value is -2.74. The monoisotopic (exact) mass is 304 g/mol. The highest BCUT2D eigenvalue weighted by atomic mass is 16.3. The molecule has 3 aromatic carbocycles. The lowest BCUT2D eigenvalue weighted by atomic mass is 9.78.